The van der Waals surface area contributed by atoms with E-state index in [4.69, 9.17) is 6.42 Å². The van der Waals surface area contributed by atoms with Crippen molar-refractivity contribution in [1.29, 1.82) is 0 Å². The van der Waals surface area contributed by atoms with Gasteiger partial charge in [-0.05, 0) is 24.6 Å². The van der Waals surface area contributed by atoms with Crippen molar-refractivity contribution in [3.63, 3.8) is 0 Å². The molecule has 0 saturated carbocycles. The minimum absolute atomic E-state index is 0.341. The molecule has 0 aliphatic carbocycles. The Labute approximate surface area is 94.2 Å². The van der Waals surface area contributed by atoms with Gasteiger partial charge < -0.3 is 5.11 Å². The van der Waals surface area contributed by atoms with E-state index in [1.807, 2.05) is 25.1 Å². The summed E-state index contributed by atoms with van der Waals surface area (Å²) in [6.45, 7) is 2.01. The molecule has 0 fully saturated rings. The van der Waals surface area contributed by atoms with Crippen molar-refractivity contribution in [3.8, 4) is 12.3 Å². The lowest BCUT2D eigenvalue weighted by atomic mass is 10.2. The highest BCUT2D eigenvalue weighted by molar-refractivity contribution is 5.74. The number of hydrogen-bond acceptors (Lipinski definition) is 3. The number of rotatable bonds is 2. The molecule has 2 aromatic rings. The van der Waals surface area contributed by atoms with Crippen molar-refractivity contribution in [2.75, 3.05) is 0 Å². The molecule has 80 valence electrons. The summed E-state index contributed by atoms with van der Waals surface area (Å²) >= 11 is 0. The lowest BCUT2D eigenvalue weighted by molar-refractivity contribution is 0.232. The molecule has 0 aliphatic heterocycles. The van der Waals surface area contributed by atoms with Gasteiger partial charge in [-0.3, -0.25) is 4.98 Å². The third kappa shape index (κ3) is 2.18. The van der Waals surface area contributed by atoms with Crippen molar-refractivity contribution in [1.82, 2.24) is 9.97 Å². The Morgan fingerprint density at radius 2 is 2.25 bits per heavy atom. The van der Waals surface area contributed by atoms with Crippen LogP contribution in [0.1, 0.15) is 11.3 Å². The predicted molar refractivity (Wildman–Crippen MR) is 62.8 cm³/mol. The first-order valence-electron chi connectivity index (χ1n) is 5.05. The van der Waals surface area contributed by atoms with Gasteiger partial charge in [-0.2, -0.15) is 0 Å². The minimum Gasteiger partial charge on any atom is -0.380 e. The first kappa shape index (κ1) is 10.6. The van der Waals surface area contributed by atoms with Crippen LogP contribution in [0.3, 0.4) is 0 Å². The van der Waals surface area contributed by atoms with E-state index in [1.165, 1.54) is 0 Å². The van der Waals surface area contributed by atoms with Gasteiger partial charge in [0.05, 0.1) is 16.7 Å². The van der Waals surface area contributed by atoms with E-state index in [0.717, 1.165) is 16.6 Å². The molecule has 3 nitrogen and oxygen atoms in total. The Balaban J connectivity index is 2.38. The van der Waals surface area contributed by atoms with Crippen LogP contribution < -0.4 is 0 Å². The number of benzene rings is 1. The number of aryl methyl sites for hydroxylation is 1. The lowest BCUT2D eigenvalue weighted by Gasteiger charge is -2.04. The number of terminal acetylenes is 1. The van der Waals surface area contributed by atoms with Crippen molar-refractivity contribution in [2.24, 2.45) is 0 Å². The van der Waals surface area contributed by atoms with Crippen molar-refractivity contribution < 1.29 is 5.11 Å². The van der Waals surface area contributed by atoms with Gasteiger partial charge in [0.2, 0.25) is 0 Å². The molecule has 1 N–H and O–H groups in total. The van der Waals surface area contributed by atoms with E-state index in [2.05, 4.69) is 15.9 Å². The summed E-state index contributed by atoms with van der Waals surface area (Å²) in [6, 6.07) is 5.88. The van der Waals surface area contributed by atoms with Crippen LogP contribution in [0, 0.1) is 19.3 Å². The van der Waals surface area contributed by atoms with Gasteiger partial charge in [0.25, 0.3) is 0 Å². The summed E-state index contributed by atoms with van der Waals surface area (Å²) in [6.07, 6.45) is 6.31. The normalized spacial score (nSPS) is 12.3. The molecule has 0 amide bonds. The summed E-state index contributed by atoms with van der Waals surface area (Å²) in [4.78, 5) is 8.67. The van der Waals surface area contributed by atoms with Crippen molar-refractivity contribution in [3.05, 3.63) is 35.7 Å². The number of aliphatic hydroxyl groups excluding tert-OH is 1. The molecule has 0 spiro atoms. The molecule has 0 bridgehead atoms. The quantitative estimate of drug-likeness (QED) is 0.767. The fourth-order valence-corrected chi connectivity index (χ4v) is 1.51. The second kappa shape index (κ2) is 4.30. The Morgan fingerprint density at radius 3 is 3.00 bits per heavy atom. The second-order valence-corrected chi connectivity index (χ2v) is 3.74. The molecular weight excluding hydrogens is 200 g/mol. The molecule has 0 radical (unpaired) electrons. The van der Waals surface area contributed by atoms with Crippen LogP contribution in [-0.4, -0.2) is 21.2 Å². The minimum atomic E-state index is -0.794. The van der Waals surface area contributed by atoms with E-state index < -0.39 is 6.10 Å². The zero-order valence-electron chi connectivity index (χ0n) is 9.01. The van der Waals surface area contributed by atoms with Crippen LogP contribution >= 0.6 is 0 Å². The van der Waals surface area contributed by atoms with E-state index in [-0.39, 0.29) is 0 Å². The number of aromatic nitrogens is 2. The fourth-order valence-electron chi connectivity index (χ4n) is 1.51. The van der Waals surface area contributed by atoms with E-state index in [1.54, 1.807) is 6.20 Å². The van der Waals surface area contributed by atoms with Crippen molar-refractivity contribution in [2.45, 2.75) is 19.4 Å². The fraction of sp³-hybridized carbons (Fsp3) is 0.231. The van der Waals surface area contributed by atoms with Crippen LogP contribution in [0.25, 0.3) is 11.0 Å². The summed E-state index contributed by atoms with van der Waals surface area (Å²) in [7, 11) is 0. The zero-order chi connectivity index (χ0) is 11.5. The Bertz CT molecular complexity index is 557. The number of nitrogens with zero attached hydrogens (tertiary/aromatic N) is 2. The molecule has 2 rings (SSSR count). The summed E-state index contributed by atoms with van der Waals surface area (Å²) in [5, 5.41) is 9.32. The Morgan fingerprint density at radius 1 is 1.44 bits per heavy atom. The molecule has 1 aromatic carbocycles. The van der Waals surface area contributed by atoms with Crippen LogP contribution in [-0.2, 0) is 6.42 Å². The average Bonchev–Trinajstić information content (AvgIpc) is 2.29. The highest BCUT2D eigenvalue weighted by Gasteiger charge is 2.04. The second-order valence-electron chi connectivity index (χ2n) is 3.74. The van der Waals surface area contributed by atoms with Crippen LogP contribution in [0.15, 0.2) is 24.4 Å². The molecule has 0 saturated heterocycles. The van der Waals surface area contributed by atoms with Gasteiger partial charge in [0.1, 0.15) is 6.10 Å². The predicted octanol–water partition coefficient (Wildman–Crippen LogP) is 1.47. The first-order valence-corrected chi connectivity index (χ1v) is 5.05. The smallest absolute Gasteiger partial charge is 0.120 e. The van der Waals surface area contributed by atoms with E-state index >= 15 is 0 Å². The van der Waals surface area contributed by atoms with Crippen molar-refractivity contribution >= 4 is 11.0 Å². The topological polar surface area (TPSA) is 46.0 Å². The molecule has 1 aromatic heterocycles. The van der Waals surface area contributed by atoms with E-state index in [9.17, 15) is 5.11 Å². The molecule has 16 heavy (non-hydrogen) atoms. The first-order chi connectivity index (χ1) is 7.69. The van der Waals surface area contributed by atoms with Gasteiger partial charge in [-0.15, -0.1) is 6.42 Å². The van der Waals surface area contributed by atoms with Gasteiger partial charge >= 0.3 is 0 Å². The third-order valence-electron chi connectivity index (χ3n) is 2.34. The molecule has 1 heterocycles. The number of aliphatic hydroxyl groups is 1. The largest absolute Gasteiger partial charge is 0.380 e. The Hall–Kier alpha value is -1.92. The summed E-state index contributed by atoms with van der Waals surface area (Å²) in [5.74, 6) is 2.26. The maximum atomic E-state index is 9.32. The molecule has 3 heteroatoms. The molecule has 0 aliphatic rings. The Kier molecular flexibility index (Phi) is 2.84. The van der Waals surface area contributed by atoms with Crippen LogP contribution in [0.4, 0.5) is 0 Å². The van der Waals surface area contributed by atoms with Gasteiger partial charge in [-0.25, -0.2) is 4.98 Å². The molecule has 1 unspecified atom stereocenters. The van der Waals surface area contributed by atoms with E-state index in [0.29, 0.717) is 12.1 Å². The maximum absolute atomic E-state index is 9.32. The highest BCUT2D eigenvalue weighted by Crippen LogP contribution is 2.12. The van der Waals surface area contributed by atoms with Gasteiger partial charge in [0, 0.05) is 12.6 Å². The van der Waals surface area contributed by atoms with Crippen LogP contribution in [0.2, 0.25) is 0 Å². The zero-order valence-corrected chi connectivity index (χ0v) is 9.01. The number of fused-ring (bicyclic) bond motifs is 1. The molecule has 1 atom stereocenters. The third-order valence-corrected chi connectivity index (χ3v) is 2.34. The maximum Gasteiger partial charge on any atom is 0.120 e. The van der Waals surface area contributed by atoms with Crippen LogP contribution in [0.5, 0.6) is 0 Å². The van der Waals surface area contributed by atoms with Gasteiger partial charge in [-0.1, -0.05) is 12.0 Å². The average molecular weight is 212 g/mol. The standard InChI is InChI=1S/C13H12N2O/c1-3-11(16)7-10-8-14-13-6-9(2)4-5-12(13)15-10/h1,4-6,8,11,16H,7H2,2H3. The highest BCUT2D eigenvalue weighted by atomic mass is 16.3. The number of hydrogen-bond donors (Lipinski definition) is 1. The lowest BCUT2D eigenvalue weighted by Crippen LogP contribution is -2.08. The summed E-state index contributed by atoms with van der Waals surface area (Å²) in [5.41, 5.74) is 3.55. The SMILES string of the molecule is C#CC(O)Cc1cnc2cc(C)ccc2n1. The van der Waals surface area contributed by atoms with Gasteiger partial charge in [0.15, 0.2) is 0 Å². The molecular formula is C13H12N2O. The summed E-state index contributed by atoms with van der Waals surface area (Å²) < 4.78 is 0. The monoisotopic (exact) mass is 212 g/mol.